The monoisotopic (exact) mass is 415 g/mol. The van der Waals surface area contributed by atoms with Crippen molar-refractivity contribution in [3.63, 3.8) is 0 Å². The van der Waals surface area contributed by atoms with Crippen molar-refractivity contribution in [2.75, 3.05) is 26.2 Å². The van der Waals surface area contributed by atoms with Gasteiger partial charge in [-0.05, 0) is 62.3 Å². The summed E-state index contributed by atoms with van der Waals surface area (Å²) in [5.74, 6) is 0.278. The summed E-state index contributed by atoms with van der Waals surface area (Å²) in [4.78, 5) is 6.95. The van der Waals surface area contributed by atoms with Crippen molar-refractivity contribution in [1.29, 1.82) is 0 Å². The van der Waals surface area contributed by atoms with Crippen LogP contribution in [0.5, 0.6) is 5.75 Å². The molecule has 0 bridgehead atoms. The lowest BCUT2D eigenvalue weighted by atomic mass is 10.0. The summed E-state index contributed by atoms with van der Waals surface area (Å²) in [5.41, 5.74) is 1.07. The number of nitrogens with zero attached hydrogens (tertiary/aromatic N) is 2. The van der Waals surface area contributed by atoms with Gasteiger partial charge in [-0.3, -0.25) is 0 Å². The maximum Gasteiger partial charge on any atom is 0.123 e. The summed E-state index contributed by atoms with van der Waals surface area (Å²) >= 11 is 1.75. The predicted octanol–water partition coefficient (Wildman–Crippen LogP) is 3.43. The lowest BCUT2D eigenvalue weighted by Gasteiger charge is -2.33. The molecular formula is C22H26FN3O2S. The van der Waals surface area contributed by atoms with Gasteiger partial charge in [0.25, 0.3) is 0 Å². The average Bonchev–Trinajstić information content (AvgIpc) is 3.16. The molecule has 29 heavy (non-hydrogen) atoms. The molecule has 1 aliphatic rings. The summed E-state index contributed by atoms with van der Waals surface area (Å²) in [5, 5.41) is 15.0. The molecule has 5 nitrogen and oxygen atoms in total. The number of halogens is 1. The van der Waals surface area contributed by atoms with Gasteiger partial charge in [0.2, 0.25) is 0 Å². The van der Waals surface area contributed by atoms with Crippen molar-refractivity contribution >= 4 is 21.6 Å². The molecule has 4 rings (SSSR count). The van der Waals surface area contributed by atoms with Crippen molar-refractivity contribution in [2.24, 2.45) is 0 Å². The van der Waals surface area contributed by atoms with Crippen LogP contribution < -0.4 is 10.1 Å². The number of rotatable bonds is 8. The Morgan fingerprint density at radius 1 is 1.17 bits per heavy atom. The number of ether oxygens (including phenoxy) is 1. The Balaban J connectivity index is 1.15. The zero-order valence-corrected chi connectivity index (χ0v) is 17.1. The van der Waals surface area contributed by atoms with Gasteiger partial charge in [0.05, 0.1) is 10.2 Å². The van der Waals surface area contributed by atoms with Gasteiger partial charge in [-0.2, -0.15) is 0 Å². The highest BCUT2D eigenvalue weighted by Crippen LogP contribution is 2.22. The van der Waals surface area contributed by atoms with Gasteiger partial charge < -0.3 is 20.1 Å². The number of nitrogens with one attached hydrogen (secondary N) is 1. The van der Waals surface area contributed by atoms with Gasteiger partial charge in [-0.15, -0.1) is 11.3 Å². The van der Waals surface area contributed by atoms with E-state index in [1.165, 1.54) is 16.8 Å². The van der Waals surface area contributed by atoms with Gasteiger partial charge in [-0.1, -0.05) is 12.1 Å². The first-order chi connectivity index (χ1) is 14.2. The molecule has 2 heterocycles. The van der Waals surface area contributed by atoms with E-state index in [0.717, 1.165) is 43.0 Å². The molecule has 1 unspecified atom stereocenters. The topological polar surface area (TPSA) is 57.6 Å². The fraction of sp³-hybridized carbons (Fsp3) is 0.409. The minimum atomic E-state index is -0.563. The number of thiazole rings is 1. The quantitative estimate of drug-likeness (QED) is 0.590. The Bertz CT molecular complexity index is 877. The minimum absolute atomic E-state index is 0.210. The van der Waals surface area contributed by atoms with Crippen molar-refractivity contribution in [1.82, 2.24) is 15.2 Å². The average molecular weight is 416 g/mol. The highest BCUT2D eigenvalue weighted by Gasteiger charge is 2.21. The summed E-state index contributed by atoms with van der Waals surface area (Å²) in [6, 6.07) is 14.6. The van der Waals surface area contributed by atoms with Crippen LogP contribution >= 0.6 is 11.3 Å². The number of aromatic nitrogens is 1. The molecule has 1 aliphatic heterocycles. The van der Waals surface area contributed by atoms with Gasteiger partial charge in [0.15, 0.2) is 0 Å². The molecule has 1 saturated heterocycles. The van der Waals surface area contributed by atoms with Crippen LogP contribution in [0.1, 0.15) is 17.8 Å². The van der Waals surface area contributed by atoms with E-state index in [2.05, 4.69) is 27.3 Å². The van der Waals surface area contributed by atoms with Crippen molar-refractivity contribution < 1.29 is 14.2 Å². The van der Waals surface area contributed by atoms with Crippen LogP contribution in [0.25, 0.3) is 10.2 Å². The Hall–Kier alpha value is -2.06. The second kappa shape index (κ2) is 9.63. The SMILES string of the molecule is OC(COc1ccc(F)cc1)CN1CCC(NCc2nc3ccccc3s2)CC1. The largest absolute Gasteiger partial charge is 0.491 e. The lowest BCUT2D eigenvalue weighted by molar-refractivity contribution is 0.0578. The summed E-state index contributed by atoms with van der Waals surface area (Å²) in [6.45, 7) is 3.50. The first-order valence-electron chi connectivity index (χ1n) is 10.0. The van der Waals surface area contributed by atoms with Gasteiger partial charge in [0.1, 0.15) is 29.3 Å². The highest BCUT2D eigenvalue weighted by atomic mass is 32.1. The standard InChI is InChI=1S/C22H26FN3O2S/c23-16-5-7-19(8-6-16)28-15-18(27)14-26-11-9-17(10-12-26)24-13-22-25-20-3-1-2-4-21(20)29-22/h1-8,17-18,24,27H,9-15H2. The number of likely N-dealkylation sites (tertiary alicyclic amines) is 1. The van der Waals surface area contributed by atoms with Crippen LogP contribution in [0.3, 0.4) is 0 Å². The molecule has 2 N–H and O–H groups in total. The number of hydrogen-bond donors (Lipinski definition) is 2. The van der Waals surface area contributed by atoms with Gasteiger partial charge in [0, 0.05) is 19.1 Å². The fourth-order valence-corrected chi connectivity index (χ4v) is 4.54. The molecule has 0 radical (unpaired) electrons. The van der Waals surface area contributed by atoms with E-state index in [1.54, 1.807) is 23.5 Å². The number of fused-ring (bicyclic) bond motifs is 1. The summed E-state index contributed by atoms with van der Waals surface area (Å²) in [6.07, 6.45) is 1.54. The number of aliphatic hydroxyl groups excluding tert-OH is 1. The van der Waals surface area contributed by atoms with Crippen molar-refractivity contribution in [3.8, 4) is 5.75 Å². The van der Waals surface area contributed by atoms with Crippen molar-refractivity contribution in [2.45, 2.75) is 31.5 Å². The predicted molar refractivity (Wildman–Crippen MR) is 114 cm³/mol. The molecule has 0 spiro atoms. The molecule has 0 saturated carbocycles. The maximum atomic E-state index is 12.9. The zero-order chi connectivity index (χ0) is 20.1. The number of aliphatic hydroxyl groups is 1. The van der Waals surface area contributed by atoms with Gasteiger partial charge >= 0.3 is 0 Å². The van der Waals surface area contributed by atoms with E-state index in [0.29, 0.717) is 18.3 Å². The van der Waals surface area contributed by atoms with E-state index in [4.69, 9.17) is 4.74 Å². The number of benzene rings is 2. The molecule has 154 valence electrons. The van der Waals surface area contributed by atoms with Crippen LogP contribution in [-0.4, -0.2) is 53.4 Å². The molecule has 3 aromatic rings. The van der Waals surface area contributed by atoms with E-state index in [9.17, 15) is 9.50 Å². The number of para-hydroxylation sites is 1. The smallest absolute Gasteiger partial charge is 0.123 e. The summed E-state index contributed by atoms with van der Waals surface area (Å²) < 4.78 is 19.7. The Morgan fingerprint density at radius 2 is 1.93 bits per heavy atom. The molecule has 1 fully saturated rings. The Morgan fingerprint density at radius 3 is 2.69 bits per heavy atom. The molecule has 1 atom stereocenters. The molecule has 0 aliphatic carbocycles. The summed E-state index contributed by atoms with van der Waals surface area (Å²) in [7, 11) is 0. The minimum Gasteiger partial charge on any atom is -0.491 e. The zero-order valence-electron chi connectivity index (χ0n) is 16.3. The van der Waals surface area contributed by atoms with Crippen LogP contribution in [0.4, 0.5) is 4.39 Å². The molecule has 1 aromatic heterocycles. The third-order valence-electron chi connectivity index (χ3n) is 5.19. The van der Waals surface area contributed by atoms with Crippen LogP contribution in [0.15, 0.2) is 48.5 Å². The second-order valence-corrected chi connectivity index (χ2v) is 8.57. The first-order valence-corrected chi connectivity index (χ1v) is 10.8. The fourth-order valence-electron chi connectivity index (χ4n) is 3.62. The third-order valence-corrected chi connectivity index (χ3v) is 6.23. The van der Waals surface area contributed by atoms with Crippen LogP contribution in [0, 0.1) is 5.82 Å². The molecular weight excluding hydrogens is 389 g/mol. The van der Waals surface area contributed by atoms with Crippen LogP contribution in [-0.2, 0) is 6.54 Å². The molecule has 0 amide bonds. The molecule has 7 heteroatoms. The number of piperidine rings is 1. The third kappa shape index (κ3) is 5.73. The van der Waals surface area contributed by atoms with Gasteiger partial charge in [-0.25, -0.2) is 9.37 Å². The highest BCUT2D eigenvalue weighted by molar-refractivity contribution is 7.18. The van der Waals surface area contributed by atoms with Crippen molar-refractivity contribution in [3.05, 3.63) is 59.4 Å². The lowest BCUT2D eigenvalue weighted by Crippen LogP contribution is -2.45. The second-order valence-electron chi connectivity index (χ2n) is 7.45. The number of β-amino-alcohol motifs (C(OH)–C–C–N with tert-alkyl or cyclic N) is 1. The van der Waals surface area contributed by atoms with E-state index >= 15 is 0 Å². The van der Waals surface area contributed by atoms with E-state index < -0.39 is 6.10 Å². The van der Waals surface area contributed by atoms with Crippen LogP contribution in [0.2, 0.25) is 0 Å². The Kier molecular flexibility index (Phi) is 6.71. The molecule has 2 aromatic carbocycles. The first kappa shape index (κ1) is 20.2. The normalized spacial score (nSPS) is 16.9. The maximum absolute atomic E-state index is 12.9. The van der Waals surface area contributed by atoms with E-state index in [1.807, 2.05) is 12.1 Å². The van der Waals surface area contributed by atoms with E-state index in [-0.39, 0.29) is 12.4 Å². The Labute approximate surface area is 174 Å². The number of hydrogen-bond acceptors (Lipinski definition) is 6.